The summed E-state index contributed by atoms with van der Waals surface area (Å²) in [6.45, 7) is 0. The first-order valence-corrected chi connectivity index (χ1v) is 0.866. The fraction of sp³-hybridized carbons (Fsp3) is 0. The first kappa shape index (κ1) is 17.0. The van der Waals surface area contributed by atoms with Gasteiger partial charge < -0.3 is 0 Å². The van der Waals surface area contributed by atoms with Crippen LogP contribution in [0, 0.1) is 0 Å². The third-order valence-corrected chi connectivity index (χ3v) is 0. The summed E-state index contributed by atoms with van der Waals surface area (Å²) in [6, 6.07) is 0. The van der Waals surface area contributed by atoms with E-state index in [-0.39, 0.29) is 45.6 Å². The number of rotatable bonds is 0. The van der Waals surface area contributed by atoms with Gasteiger partial charge in [0, 0.05) is 0 Å². The van der Waals surface area contributed by atoms with Gasteiger partial charge in [-0.2, -0.15) is 0 Å². The van der Waals surface area contributed by atoms with E-state index in [9.17, 15) is 0 Å². The first-order valence-electron chi connectivity index (χ1n) is 0.167. The molecule has 0 aliphatic carbocycles. The molecular weight excluding hydrogens is 280 g/mol. The van der Waals surface area contributed by atoms with Gasteiger partial charge in [-0.25, -0.2) is 0 Å². The molecule has 0 amide bonds. The minimum atomic E-state index is 0. The van der Waals surface area contributed by atoms with Gasteiger partial charge >= 0.3 is 65.4 Å². The molecule has 0 saturated carbocycles. The summed E-state index contributed by atoms with van der Waals surface area (Å²) in [5.41, 5.74) is 0. The molecule has 0 aromatic carbocycles. The van der Waals surface area contributed by atoms with E-state index in [1.807, 2.05) is 0 Å². The SMILES string of the molecule is O=[Se].[GaH3].[InH3]. The van der Waals surface area contributed by atoms with Crippen LogP contribution < -0.4 is 0 Å². The van der Waals surface area contributed by atoms with Gasteiger partial charge in [-0.05, 0) is 0 Å². The van der Waals surface area contributed by atoms with E-state index in [1.165, 1.54) is 15.9 Å². The van der Waals surface area contributed by atoms with E-state index in [2.05, 4.69) is 0 Å². The van der Waals surface area contributed by atoms with Crippen molar-refractivity contribution in [2.45, 2.75) is 0 Å². The Morgan fingerprint density at radius 3 is 1.25 bits per heavy atom. The maximum atomic E-state index is 8.12. The summed E-state index contributed by atoms with van der Waals surface area (Å²) in [7, 11) is 0. The van der Waals surface area contributed by atoms with E-state index < -0.39 is 0 Å². The molecule has 0 spiro atoms. The molecule has 0 radical (unpaired) electrons. The van der Waals surface area contributed by atoms with E-state index >= 15 is 0 Å². The second kappa shape index (κ2) is 21.2. The Balaban J connectivity index is -0.00000000500. The normalized spacial score (nSPS) is 1.00. The van der Waals surface area contributed by atoms with Gasteiger partial charge in [0.25, 0.3) is 0 Å². The molecule has 24 valence electrons. The van der Waals surface area contributed by atoms with Crippen molar-refractivity contribution in [1.82, 2.24) is 0 Å². The zero-order valence-electron chi connectivity index (χ0n) is 0.816. The maximum absolute atomic E-state index is 8.12. The molecule has 0 atom stereocenters. The Kier molecular flexibility index (Phi) is 90.0. The van der Waals surface area contributed by atoms with Crippen molar-refractivity contribution < 1.29 is 3.83 Å². The number of hydrogen-bond acceptors (Lipinski definition) is 1. The van der Waals surface area contributed by atoms with Crippen molar-refractivity contribution in [3.63, 3.8) is 0 Å². The summed E-state index contributed by atoms with van der Waals surface area (Å²) in [5.74, 6) is 0. The third kappa shape index (κ3) is 9.16. The van der Waals surface area contributed by atoms with Gasteiger partial charge in [-0.15, -0.1) is 0 Å². The van der Waals surface area contributed by atoms with Crippen LogP contribution in [0.3, 0.4) is 0 Å². The quantitative estimate of drug-likeness (QED) is 0.438. The molecule has 0 unspecified atom stereocenters. The molecule has 0 saturated heterocycles. The standard InChI is InChI=1S/Ga.In.OSe.6H/c;;1-2;;;;;;. The van der Waals surface area contributed by atoms with Crippen LogP contribution in [-0.4, -0.2) is 61.6 Å². The van der Waals surface area contributed by atoms with E-state index in [1.54, 1.807) is 0 Å². The molecule has 4 heteroatoms. The molecule has 1 nitrogen and oxygen atoms in total. The Morgan fingerprint density at radius 2 is 1.25 bits per heavy atom. The van der Waals surface area contributed by atoms with Crippen LogP contribution in [0.1, 0.15) is 0 Å². The van der Waals surface area contributed by atoms with E-state index in [0.717, 1.165) is 0 Å². The molecule has 0 aliphatic rings. The molecule has 0 N–H and O–H groups in total. The predicted molar refractivity (Wildman–Crippen MR) is 26.3 cm³/mol. The van der Waals surface area contributed by atoms with Crippen molar-refractivity contribution in [3.8, 4) is 0 Å². The second-order valence-electron chi connectivity index (χ2n) is 0. The molecule has 0 aromatic rings. The summed E-state index contributed by atoms with van der Waals surface area (Å²) < 4.78 is 8.12. The number of hydrogen-bond donors (Lipinski definition) is 0. The fourth-order valence-corrected chi connectivity index (χ4v) is 0. The fourth-order valence-electron chi connectivity index (χ4n) is 0. The van der Waals surface area contributed by atoms with Crippen LogP contribution in [-0.2, 0) is 3.83 Å². The Labute approximate surface area is 64.8 Å². The summed E-state index contributed by atoms with van der Waals surface area (Å²) >= 11 is 1.38. The average molecular weight is 286 g/mol. The molecule has 0 aromatic heterocycles. The molecule has 0 fully saturated rings. The summed E-state index contributed by atoms with van der Waals surface area (Å²) in [5, 5.41) is 0. The van der Waals surface area contributed by atoms with Crippen LogP contribution in [0.15, 0.2) is 0 Å². The van der Waals surface area contributed by atoms with Crippen LogP contribution in [0.2, 0.25) is 0 Å². The van der Waals surface area contributed by atoms with Crippen LogP contribution >= 0.6 is 0 Å². The van der Waals surface area contributed by atoms with E-state index in [4.69, 9.17) is 3.83 Å². The van der Waals surface area contributed by atoms with Gasteiger partial charge in [0.05, 0.1) is 0 Å². The van der Waals surface area contributed by atoms with Crippen molar-refractivity contribution in [2.75, 3.05) is 0 Å². The minimum absolute atomic E-state index is 0. The topological polar surface area (TPSA) is 17.1 Å². The van der Waals surface area contributed by atoms with Gasteiger partial charge in [0.15, 0.2) is 0 Å². The zero-order valence-corrected chi connectivity index (χ0v) is 2.53. The average Bonchev–Trinajstić information content (AvgIpc) is 1.00. The predicted octanol–water partition coefficient (Wildman–Crippen LogP) is -2.87. The van der Waals surface area contributed by atoms with Gasteiger partial charge in [0.1, 0.15) is 0 Å². The molecule has 0 rings (SSSR count). The van der Waals surface area contributed by atoms with Gasteiger partial charge in [0.2, 0.25) is 0 Å². The Bertz CT molecular complexity index is 8.00. The van der Waals surface area contributed by atoms with E-state index in [0.29, 0.717) is 0 Å². The van der Waals surface area contributed by atoms with Crippen LogP contribution in [0.25, 0.3) is 0 Å². The second-order valence-corrected chi connectivity index (χ2v) is 0. The summed E-state index contributed by atoms with van der Waals surface area (Å²) in [4.78, 5) is 0. The monoisotopic (exact) mass is 286 g/mol. The molecule has 0 aliphatic heterocycles. The molecular formula is H6GaInOSe. The summed E-state index contributed by atoms with van der Waals surface area (Å²) in [6.07, 6.45) is 0. The molecule has 0 heterocycles. The van der Waals surface area contributed by atoms with Gasteiger partial charge in [-0.1, -0.05) is 0 Å². The van der Waals surface area contributed by atoms with Crippen LogP contribution in [0.5, 0.6) is 0 Å². The van der Waals surface area contributed by atoms with Gasteiger partial charge in [-0.3, -0.25) is 0 Å². The first-order chi connectivity index (χ1) is 1.00. The zero-order chi connectivity index (χ0) is 2.00. The van der Waals surface area contributed by atoms with Crippen molar-refractivity contribution in [3.05, 3.63) is 0 Å². The van der Waals surface area contributed by atoms with Crippen molar-refractivity contribution >= 4 is 61.6 Å². The van der Waals surface area contributed by atoms with Crippen molar-refractivity contribution in [2.24, 2.45) is 0 Å². The third-order valence-electron chi connectivity index (χ3n) is 0. The van der Waals surface area contributed by atoms with Crippen LogP contribution in [0.4, 0.5) is 0 Å². The molecule has 0 bridgehead atoms. The molecule has 4 heavy (non-hydrogen) atoms. The Hall–Kier alpha value is 1.83. The van der Waals surface area contributed by atoms with Crippen molar-refractivity contribution in [1.29, 1.82) is 0 Å². The Morgan fingerprint density at radius 1 is 1.25 bits per heavy atom.